The van der Waals surface area contributed by atoms with Gasteiger partial charge in [-0.3, -0.25) is 4.79 Å². The van der Waals surface area contributed by atoms with Crippen molar-refractivity contribution < 1.29 is 4.79 Å². The topological polar surface area (TPSA) is 58.4 Å². The van der Waals surface area contributed by atoms with E-state index < -0.39 is 0 Å². The average molecular weight is 381 g/mol. The van der Waals surface area contributed by atoms with Gasteiger partial charge in [-0.25, -0.2) is 4.98 Å². The lowest BCUT2D eigenvalue weighted by atomic mass is 10.0. The molecule has 2 atom stereocenters. The number of carbonyl (C=O) groups is 1. The summed E-state index contributed by atoms with van der Waals surface area (Å²) in [6, 6.07) is 14.6. The van der Waals surface area contributed by atoms with E-state index in [1.165, 1.54) is 0 Å². The first-order valence-corrected chi connectivity index (χ1v) is 10.4. The molecule has 1 saturated heterocycles. The summed E-state index contributed by atoms with van der Waals surface area (Å²) in [4.78, 5) is 18.2. The SMILES string of the molecule is CC1CC(NC(=O)c2ccc(SCc3cn4ccccc4n3)cc2)CCN1. The van der Waals surface area contributed by atoms with Crippen LogP contribution in [0.25, 0.3) is 5.65 Å². The van der Waals surface area contributed by atoms with Crippen LogP contribution in [0.3, 0.4) is 0 Å². The summed E-state index contributed by atoms with van der Waals surface area (Å²) in [6.45, 7) is 3.12. The minimum Gasteiger partial charge on any atom is -0.349 e. The first kappa shape index (κ1) is 18.1. The lowest BCUT2D eigenvalue weighted by Crippen LogP contribution is -2.46. The maximum Gasteiger partial charge on any atom is 0.251 e. The summed E-state index contributed by atoms with van der Waals surface area (Å²) in [6.07, 6.45) is 6.04. The van der Waals surface area contributed by atoms with Crippen molar-refractivity contribution in [3.63, 3.8) is 0 Å². The van der Waals surface area contributed by atoms with Crippen molar-refractivity contribution in [2.75, 3.05) is 6.54 Å². The summed E-state index contributed by atoms with van der Waals surface area (Å²) in [5.41, 5.74) is 2.73. The van der Waals surface area contributed by atoms with Gasteiger partial charge < -0.3 is 15.0 Å². The third-order valence-electron chi connectivity index (χ3n) is 4.88. The van der Waals surface area contributed by atoms with Gasteiger partial charge in [-0.15, -0.1) is 11.8 Å². The van der Waals surface area contributed by atoms with Crippen molar-refractivity contribution in [1.29, 1.82) is 0 Å². The first-order valence-electron chi connectivity index (χ1n) is 9.37. The minimum absolute atomic E-state index is 0.0194. The largest absolute Gasteiger partial charge is 0.349 e. The van der Waals surface area contributed by atoms with Gasteiger partial charge in [0.2, 0.25) is 0 Å². The third-order valence-corrected chi connectivity index (χ3v) is 5.92. The van der Waals surface area contributed by atoms with Crippen LogP contribution < -0.4 is 10.6 Å². The normalized spacial score (nSPS) is 19.9. The number of imidazole rings is 1. The van der Waals surface area contributed by atoms with E-state index in [1.807, 2.05) is 53.1 Å². The van der Waals surface area contributed by atoms with Crippen LogP contribution >= 0.6 is 11.8 Å². The predicted molar refractivity (Wildman–Crippen MR) is 109 cm³/mol. The molecule has 0 radical (unpaired) electrons. The Balaban J connectivity index is 1.33. The van der Waals surface area contributed by atoms with E-state index in [0.717, 1.165) is 46.9 Å². The number of piperidine rings is 1. The molecule has 0 aliphatic carbocycles. The number of aromatic nitrogens is 2. The predicted octanol–water partition coefficient (Wildman–Crippen LogP) is 3.50. The van der Waals surface area contributed by atoms with Crippen molar-refractivity contribution in [3.8, 4) is 0 Å². The number of nitrogens with zero attached hydrogens (tertiary/aromatic N) is 2. The second kappa shape index (κ2) is 8.15. The molecule has 0 bridgehead atoms. The number of carbonyl (C=O) groups excluding carboxylic acids is 1. The number of pyridine rings is 1. The highest BCUT2D eigenvalue weighted by molar-refractivity contribution is 7.98. The molecule has 2 N–H and O–H groups in total. The van der Waals surface area contributed by atoms with E-state index in [9.17, 15) is 4.79 Å². The van der Waals surface area contributed by atoms with E-state index in [-0.39, 0.29) is 11.9 Å². The molecular weight excluding hydrogens is 356 g/mol. The zero-order chi connectivity index (χ0) is 18.6. The number of nitrogens with one attached hydrogen (secondary N) is 2. The van der Waals surface area contributed by atoms with Gasteiger partial charge in [-0.05, 0) is 62.7 Å². The van der Waals surface area contributed by atoms with Gasteiger partial charge in [0, 0.05) is 40.7 Å². The van der Waals surface area contributed by atoms with Crippen LogP contribution in [0.5, 0.6) is 0 Å². The van der Waals surface area contributed by atoms with Crippen molar-refractivity contribution in [2.45, 2.75) is 42.5 Å². The van der Waals surface area contributed by atoms with Crippen molar-refractivity contribution in [2.24, 2.45) is 0 Å². The van der Waals surface area contributed by atoms with E-state index in [2.05, 4.69) is 28.7 Å². The number of thioether (sulfide) groups is 1. The van der Waals surface area contributed by atoms with Gasteiger partial charge in [-0.2, -0.15) is 0 Å². The molecule has 6 heteroatoms. The second-order valence-corrected chi connectivity index (χ2v) is 8.11. The minimum atomic E-state index is 0.0194. The van der Waals surface area contributed by atoms with Crippen LogP contribution in [0, 0.1) is 0 Å². The smallest absolute Gasteiger partial charge is 0.251 e. The molecule has 0 saturated carbocycles. The number of benzene rings is 1. The molecule has 140 valence electrons. The number of fused-ring (bicyclic) bond motifs is 1. The fourth-order valence-electron chi connectivity index (χ4n) is 3.45. The molecule has 2 aromatic heterocycles. The van der Waals surface area contributed by atoms with Crippen molar-refractivity contribution in [3.05, 3.63) is 66.1 Å². The number of hydrogen-bond donors (Lipinski definition) is 2. The van der Waals surface area contributed by atoms with E-state index in [1.54, 1.807) is 11.8 Å². The fourth-order valence-corrected chi connectivity index (χ4v) is 4.23. The number of rotatable bonds is 5. The van der Waals surface area contributed by atoms with Gasteiger partial charge in [0.25, 0.3) is 5.91 Å². The molecule has 3 heterocycles. The molecule has 1 aliphatic heterocycles. The molecule has 3 aromatic rings. The molecule has 4 rings (SSSR count). The molecule has 1 amide bonds. The molecule has 2 unspecified atom stereocenters. The zero-order valence-corrected chi connectivity index (χ0v) is 16.2. The molecule has 1 aromatic carbocycles. The molecule has 5 nitrogen and oxygen atoms in total. The molecular formula is C21H24N4OS. The Hall–Kier alpha value is -2.31. The highest BCUT2D eigenvalue weighted by atomic mass is 32.2. The van der Waals surface area contributed by atoms with Crippen molar-refractivity contribution >= 4 is 23.3 Å². The number of amides is 1. The Morgan fingerprint density at radius 3 is 2.93 bits per heavy atom. The Labute approximate surface area is 163 Å². The van der Waals surface area contributed by atoms with E-state index in [0.29, 0.717) is 6.04 Å². The lowest BCUT2D eigenvalue weighted by molar-refractivity contribution is 0.0925. The van der Waals surface area contributed by atoms with E-state index in [4.69, 9.17) is 0 Å². The Morgan fingerprint density at radius 2 is 2.15 bits per heavy atom. The maximum atomic E-state index is 12.5. The Bertz CT molecular complexity index is 888. The van der Waals surface area contributed by atoms with Crippen LogP contribution in [-0.4, -0.2) is 33.9 Å². The molecule has 1 fully saturated rings. The molecule has 0 spiro atoms. The quantitative estimate of drug-likeness (QED) is 0.665. The molecule has 27 heavy (non-hydrogen) atoms. The monoisotopic (exact) mass is 380 g/mol. The van der Waals surface area contributed by atoms with E-state index >= 15 is 0 Å². The molecule has 1 aliphatic rings. The van der Waals surface area contributed by atoms with Crippen LogP contribution in [0.2, 0.25) is 0 Å². The van der Waals surface area contributed by atoms with Gasteiger partial charge in [0.05, 0.1) is 5.69 Å². The van der Waals surface area contributed by atoms with Crippen LogP contribution in [0.1, 0.15) is 35.8 Å². The van der Waals surface area contributed by atoms with Crippen molar-refractivity contribution in [1.82, 2.24) is 20.0 Å². The lowest BCUT2D eigenvalue weighted by Gasteiger charge is -2.28. The Kier molecular flexibility index (Phi) is 5.45. The van der Waals surface area contributed by atoms with Gasteiger partial charge in [-0.1, -0.05) is 6.07 Å². The summed E-state index contributed by atoms with van der Waals surface area (Å²) >= 11 is 1.73. The fraction of sp³-hybridized carbons (Fsp3) is 0.333. The summed E-state index contributed by atoms with van der Waals surface area (Å²) in [7, 11) is 0. The highest BCUT2D eigenvalue weighted by Gasteiger charge is 2.20. The van der Waals surface area contributed by atoms with Crippen LogP contribution in [-0.2, 0) is 5.75 Å². The number of hydrogen-bond acceptors (Lipinski definition) is 4. The second-order valence-electron chi connectivity index (χ2n) is 7.06. The zero-order valence-electron chi connectivity index (χ0n) is 15.4. The Morgan fingerprint density at radius 1 is 1.30 bits per heavy atom. The van der Waals surface area contributed by atoms with Gasteiger partial charge >= 0.3 is 0 Å². The summed E-state index contributed by atoms with van der Waals surface area (Å²) in [5, 5.41) is 6.57. The van der Waals surface area contributed by atoms with Gasteiger partial charge in [0.15, 0.2) is 0 Å². The van der Waals surface area contributed by atoms with Crippen LogP contribution in [0.15, 0.2) is 59.8 Å². The third kappa shape index (κ3) is 4.51. The summed E-state index contributed by atoms with van der Waals surface area (Å²) < 4.78 is 2.03. The maximum absolute atomic E-state index is 12.5. The summed E-state index contributed by atoms with van der Waals surface area (Å²) in [5.74, 6) is 0.825. The first-order chi connectivity index (χ1) is 13.2. The van der Waals surface area contributed by atoms with Gasteiger partial charge in [0.1, 0.15) is 5.65 Å². The van der Waals surface area contributed by atoms with Crippen LogP contribution in [0.4, 0.5) is 0 Å². The average Bonchev–Trinajstić information content (AvgIpc) is 3.10. The highest BCUT2D eigenvalue weighted by Crippen LogP contribution is 2.23. The standard InChI is InChI=1S/C21H24N4OS/c1-15-12-17(9-10-22-15)24-21(26)16-5-7-19(8-6-16)27-14-18-13-25-11-3-2-4-20(25)23-18/h2-8,11,13,15,17,22H,9-10,12,14H2,1H3,(H,24,26).